The van der Waals surface area contributed by atoms with Crippen LogP contribution in [0.5, 0.6) is 0 Å². The summed E-state index contributed by atoms with van der Waals surface area (Å²) < 4.78 is 0. The van der Waals surface area contributed by atoms with Gasteiger partial charge in [0.15, 0.2) is 5.78 Å². The van der Waals surface area contributed by atoms with E-state index in [1.54, 1.807) is 18.2 Å². The summed E-state index contributed by atoms with van der Waals surface area (Å²) in [5, 5.41) is 0.528. The predicted octanol–water partition coefficient (Wildman–Crippen LogP) is 4.71. The van der Waals surface area contributed by atoms with Crippen molar-refractivity contribution in [3.05, 3.63) is 28.8 Å². The lowest BCUT2D eigenvalue weighted by Gasteiger charge is -2.13. The van der Waals surface area contributed by atoms with Gasteiger partial charge in [-0.05, 0) is 24.1 Å². The Kier molecular flexibility index (Phi) is 6.20. The Bertz CT molecular complexity index is 383. The molecule has 2 N–H and O–H groups in total. The number of Topliss-reactive ketones (excluding diaryl/α,β-unsaturated/α-hetero) is 1. The standard InChI is InChI=1S/C15H22ClNO/c1-3-5-6-11(4-2)7-15(18)12-8-13(16)10-14(17)9-12/h8-11H,3-7,17H2,1-2H3. The summed E-state index contributed by atoms with van der Waals surface area (Å²) in [5.74, 6) is 0.616. The molecule has 0 aliphatic heterocycles. The van der Waals surface area contributed by atoms with Gasteiger partial charge >= 0.3 is 0 Å². The highest BCUT2D eigenvalue weighted by molar-refractivity contribution is 6.31. The van der Waals surface area contributed by atoms with E-state index in [1.165, 1.54) is 12.8 Å². The lowest BCUT2D eigenvalue weighted by molar-refractivity contribution is 0.0957. The average Bonchev–Trinajstić information content (AvgIpc) is 2.32. The van der Waals surface area contributed by atoms with E-state index >= 15 is 0 Å². The Morgan fingerprint density at radius 3 is 2.61 bits per heavy atom. The van der Waals surface area contributed by atoms with Gasteiger partial charge in [0.05, 0.1) is 0 Å². The van der Waals surface area contributed by atoms with Crippen LogP contribution in [0.3, 0.4) is 0 Å². The minimum atomic E-state index is 0.146. The van der Waals surface area contributed by atoms with Crippen LogP contribution in [0.4, 0.5) is 5.69 Å². The molecule has 0 saturated carbocycles. The molecule has 18 heavy (non-hydrogen) atoms. The van der Waals surface area contributed by atoms with Crippen molar-refractivity contribution >= 4 is 23.1 Å². The molecular formula is C15H22ClNO. The predicted molar refractivity (Wildman–Crippen MR) is 78.1 cm³/mol. The summed E-state index contributed by atoms with van der Waals surface area (Å²) in [5.41, 5.74) is 6.89. The SMILES string of the molecule is CCCCC(CC)CC(=O)c1cc(N)cc(Cl)c1. The summed E-state index contributed by atoms with van der Waals surface area (Å²) in [7, 11) is 0. The van der Waals surface area contributed by atoms with Gasteiger partial charge in [0, 0.05) is 22.7 Å². The number of benzene rings is 1. The van der Waals surface area contributed by atoms with Gasteiger partial charge in [0.2, 0.25) is 0 Å². The normalized spacial score (nSPS) is 12.4. The number of anilines is 1. The lowest BCUT2D eigenvalue weighted by Crippen LogP contribution is -2.09. The Balaban J connectivity index is 2.68. The number of carbonyl (C=O) groups is 1. The molecule has 0 radical (unpaired) electrons. The lowest BCUT2D eigenvalue weighted by atomic mass is 9.91. The van der Waals surface area contributed by atoms with E-state index in [0.29, 0.717) is 28.6 Å². The van der Waals surface area contributed by atoms with Crippen LogP contribution < -0.4 is 5.73 Å². The van der Waals surface area contributed by atoms with Crippen molar-refractivity contribution in [1.29, 1.82) is 0 Å². The van der Waals surface area contributed by atoms with E-state index in [4.69, 9.17) is 17.3 Å². The number of unbranched alkanes of at least 4 members (excludes halogenated alkanes) is 1. The molecule has 100 valence electrons. The van der Waals surface area contributed by atoms with E-state index in [2.05, 4.69) is 13.8 Å². The van der Waals surface area contributed by atoms with Gasteiger partial charge in [0.1, 0.15) is 0 Å². The zero-order chi connectivity index (χ0) is 13.5. The Labute approximate surface area is 115 Å². The van der Waals surface area contributed by atoms with Gasteiger partial charge in [-0.15, -0.1) is 0 Å². The number of nitrogen functional groups attached to an aromatic ring is 1. The third kappa shape index (κ3) is 4.69. The average molecular weight is 268 g/mol. The molecule has 1 aromatic rings. The summed E-state index contributed by atoms with van der Waals surface area (Å²) in [4.78, 5) is 12.2. The van der Waals surface area contributed by atoms with Gasteiger partial charge < -0.3 is 5.73 Å². The molecule has 0 aliphatic rings. The Morgan fingerprint density at radius 2 is 2.06 bits per heavy atom. The van der Waals surface area contributed by atoms with Crippen molar-refractivity contribution in [3.63, 3.8) is 0 Å². The quantitative estimate of drug-likeness (QED) is 0.574. The number of hydrogen-bond donors (Lipinski definition) is 1. The van der Waals surface area contributed by atoms with E-state index in [1.807, 2.05) is 0 Å². The molecule has 1 unspecified atom stereocenters. The van der Waals surface area contributed by atoms with Gasteiger partial charge in [-0.2, -0.15) is 0 Å². The molecule has 1 rings (SSSR count). The minimum absolute atomic E-state index is 0.146. The van der Waals surface area contributed by atoms with Crippen LogP contribution in [0.2, 0.25) is 5.02 Å². The third-order valence-electron chi connectivity index (χ3n) is 3.26. The van der Waals surface area contributed by atoms with E-state index in [9.17, 15) is 4.79 Å². The number of halogens is 1. The molecule has 0 spiro atoms. The largest absolute Gasteiger partial charge is 0.399 e. The van der Waals surface area contributed by atoms with Crippen molar-refractivity contribution in [3.8, 4) is 0 Å². The zero-order valence-electron chi connectivity index (χ0n) is 11.2. The summed E-state index contributed by atoms with van der Waals surface area (Å²) in [6.07, 6.45) is 5.12. The van der Waals surface area contributed by atoms with Crippen LogP contribution in [0.25, 0.3) is 0 Å². The second-order valence-electron chi connectivity index (χ2n) is 4.82. The van der Waals surface area contributed by atoms with Gasteiger partial charge in [-0.3, -0.25) is 4.79 Å². The molecule has 0 aromatic heterocycles. The van der Waals surface area contributed by atoms with Crippen molar-refractivity contribution in [2.75, 3.05) is 5.73 Å². The zero-order valence-corrected chi connectivity index (χ0v) is 12.0. The first-order valence-corrected chi connectivity index (χ1v) is 7.03. The molecule has 0 amide bonds. The number of hydrogen-bond acceptors (Lipinski definition) is 2. The van der Waals surface area contributed by atoms with Gasteiger partial charge in [-0.25, -0.2) is 0 Å². The highest BCUT2D eigenvalue weighted by Gasteiger charge is 2.14. The first kappa shape index (κ1) is 15.0. The molecule has 0 aliphatic carbocycles. The molecule has 1 atom stereocenters. The van der Waals surface area contributed by atoms with Crippen LogP contribution in [-0.4, -0.2) is 5.78 Å². The second kappa shape index (κ2) is 7.42. The first-order valence-electron chi connectivity index (χ1n) is 6.66. The van der Waals surface area contributed by atoms with Crippen LogP contribution in [0.1, 0.15) is 56.3 Å². The Morgan fingerprint density at radius 1 is 1.33 bits per heavy atom. The maximum Gasteiger partial charge on any atom is 0.163 e. The van der Waals surface area contributed by atoms with Crippen molar-refractivity contribution in [2.45, 2.75) is 46.0 Å². The van der Waals surface area contributed by atoms with Crippen LogP contribution >= 0.6 is 11.6 Å². The van der Waals surface area contributed by atoms with E-state index < -0.39 is 0 Å². The smallest absolute Gasteiger partial charge is 0.163 e. The monoisotopic (exact) mass is 267 g/mol. The molecule has 0 fully saturated rings. The number of carbonyl (C=O) groups excluding carboxylic acids is 1. The summed E-state index contributed by atoms with van der Waals surface area (Å²) in [6.45, 7) is 4.31. The molecular weight excluding hydrogens is 246 g/mol. The molecule has 1 aromatic carbocycles. The maximum atomic E-state index is 12.2. The van der Waals surface area contributed by atoms with Crippen molar-refractivity contribution in [1.82, 2.24) is 0 Å². The molecule has 0 heterocycles. The maximum absolute atomic E-state index is 12.2. The molecule has 0 bridgehead atoms. The fourth-order valence-corrected chi connectivity index (χ4v) is 2.34. The fourth-order valence-electron chi connectivity index (χ4n) is 2.10. The third-order valence-corrected chi connectivity index (χ3v) is 3.48. The first-order chi connectivity index (χ1) is 8.56. The van der Waals surface area contributed by atoms with Gasteiger partial charge in [-0.1, -0.05) is 51.1 Å². The van der Waals surface area contributed by atoms with Gasteiger partial charge in [0.25, 0.3) is 0 Å². The minimum Gasteiger partial charge on any atom is -0.399 e. The Hall–Kier alpha value is -1.02. The van der Waals surface area contributed by atoms with Crippen LogP contribution in [0.15, 0.2) is 18.2 Å². The molecule has 2 nitrogen and oxygen atoms in total. The van der Waals surface area contributed by atoms with Crippen molar-refractivity contribution in [2.24, 2.45) is 5.92 Å². The highest BCUT2D eigenvalue weighted by atomic mass is 35.5. The molecule has 3 heteroatoms. The number of ketones is 1. The van der Waals surface area contributed by atoms with Crippen LogP contribution in [0, 0.1) is 5.92 Å². The number of rotatable bonds is 7. The summed E-state index contributed by atoms with van der Waals surface area (Å²) in [6, 6.07) is 5.07. The van der Waals surface area contributed by atoms with E-state index in [-0.39, 0.29) is 5.78 Å². The highest BCUT2D eigenvalue weighted by Crippen LogP contribution is 2.22. The summed E-state index contributed by atoms with van der Waals surface area (Å²) >= 11 is 5.92. The van der Waals surface area contributed by atoms with E-state index in [0.717, 1.165) is 12.8 Å². The topological polar surface area (TPSA) is 43.1 Å². The molecule has 0 saturated heterocycles. The second-order valence-corrected chi connectivity index (χ2v) is 5.25. The fraction of sp³-hybridized carbons (Fsp3) is 0.533. The van der Waals surface area contributed by atoms with Crippen LogP contribution in [-0.2, 0) is 0 Å². The number of nitrogens with two attached hydrogens (primary N) is 1. The van der Waals surface area contributed by atoms with Crippen molar-refractivity contribution < 1.29 is 4.79 Å².